The van der Waals surface area contributed by atoms with Crippen molar-refractivity contribution in [1.82, 2.24) is 15.0 Å². The molecule has 1 unspecified atom stereocenters. The molecule has 0 aromatic carbocycles. The van der Waals surface area contributed by atoms with E-state index in [0.717, 1.165) is 6.20 Å². The van der Waals surface area contributed by atoms with Crippen molar-refractivity contribution in [2.75, 3.05) is 5.88 Å². The van der Waals surface area contributed by atoms with Gasteiger partial charge in [-0.05, 0) is 4.92 Å². The zero-order valence-electron chi connectivity index (χ0n) is 6.50. The number of nitro groups is 1. The fourth-order valence-corrected chi connectivity index (χ4v) is 0.823. The molecule has 13 heavy (non-hydrogen) atoms. The van der Waals surface area contributed by atoms with Gasteiger partial charge in [-0.25, -0.2) is 4.68 Å². The molecule has 0 fully saturated rings. The first-order valence-electron chi connectivity index (χ1n) is 3.42. The van der Waals surface area contributed by atoms with E-state index in [1.165, 1.54) is 4.68 Å². The van der Waals surface area contributed by atoms with Gasteiger partial charge in [-0.3, -0.25) is 0 Å². The van der Waals surface area contributed by atoms with Crippen LogP contribution >= 0.6 is 11.6 Å². The van der Waals surface area contributed by atoms with Crippen LogP contribution in [0.25, 0.3) is 0 Å². The summed E-state index contributed by atoms with van der Waals surface area (Å²) in [6, 6.07) is 0. The van der Waals surface area contributed by atoms with Gasteiger partial charge in [0.25, 0.3) is 0 Å². The van der Waals surface area contributed by atoms with Gasteiger partial charge in [-0.1, -0.05) is 0 Å². The number of halogens is 1. The molecule has 0 amide bonds. The Balaban J connectivity index is 2.64. The van der Waals surface area contributed by atoms with Crippen molar-refractivity contribution in [2.45, 2.75) is 12.6 Å². The van der Waals surface area contributed by atoms with Crippen molar-refractivity contribution in [2.24, 2.45) is 0 Å². The van der Waals surface area contributed by atoms with Gasteiger partial charge in [-0.2, -0.15) is 0 Å². The number of nitrogens with zero attached hydrogens (tertiary/aromatic N) is 4. The smallest absolute Gasteiger partial charge is 0.390 e. The summed E-state index contributed by atoms with van der Waals surface area (Å²) in [5.74, 6) is -0.296. The third-order valence-electron chi connectivity index (χ3n) is 1.29. The van der Waals surface area contributed by atoms with Crippen LogP contribution in [0.15, 0.2) is 6.20 Å². The predicted octanol–water partition coefficient (Wildman–Crippen LogP) is -0.214. The zero-order chi connectivity index (χ0) is 9.84. The Hall–Kier alpha value is -1.21. The first-order valence-corrected chi connectivity index (χ1v) is 3.95. The van der Waals surface area contributed by atoms with Crippen LogP contribution in [-0.4, -0.2) is 37.0 Å². The summed E-state index contributed by atoms with van der Waals surface area (Å²) in [4.78, 5) is 9.51. The van der Waals surface area contributed by atoms with Crippen molar-refractivity contribution in [3.8, 4) is 0 Å². The highest BCUT2D eigenvalue weighted by molar-refractivity contribution is 6.18. The predicted molar refractivity (Wildman–Crippen MR) is 43.4 cm³/mol. The van der Waals surface area contributed by atoms with Gasteiger partial charge in [0, 0.05) is 0 Å². The second-order valence-electron chi connectivity index (χ2n) is 2.36. The second kappa shape index (κ2) is 4.15. The molecule has 1 heterocycles. The van der Waals surface area contributed by atoms with Gasteiger partial charge >= 0.3 is 5.82 Å². The number of hydrogen-bond acceptors (Lipinski definition) is 5. The second-order valence-corrected chi connectivity index (χ2v) is 2.67. The van der Waals surface area contributed by atoms with Crippen LogP contribution in [0.2, 0.25) is 0 Å². The summed E-state index contributed by atoms with van der Waals surface area (Å²) < 4.78 is 1.17. The van der Waals surface area contributed by atoms with Gasteiger partial charge in [0.15, 0.2) is 0 Å². The first-order chi connectivity index (χ1) is 6.13. The minimum Gasteiger partial charge on any atom is -0.390 e. The third-order valence-corrected chi connectivity index (χ3v) is 1.65. The molecule has 7 nitrogen and oxygen atoms in total. The maximum Gasteiger partial charge on any atom is 0.410 e. The molecule has 0 aliphatic heterocycles. The quantitative estimate of drug-likeness (QED) is 0.418. The summed E-state index contributed by atoms with van der Waals surface area (Å²) in [7, 11) is 0. The van der Waals surface area contributed by atoms with Crippen molar-refractivity contribution >= 4 is 17.4 Å². The molecular weight excluding hydrogens is 200 g/mol. The maximum atomic E-state index is 10.2. The molecular formula is C5H7ClN4O3. The van der Waals surface area contributed by atoms with Gasteiger partial charge < -0.3 is 15.2 Å². The standard InChI is InChI=1S/C5H7ClN4O3/c6-1-4(11)2-9-3-5(7-8-9)10(12)13/h3-4,11H,1-2H2. The highest BCUT2D eigenvalue weighted by atomic mass is 35.5. The Kier molecular flexibility index (Phi) is 3.15. The Bertz CT molecular complexity index is 302. The molecule has 1 N–H and O–H groups in total. The molecule has 0 aliphatic carbocycles. The number of hydrogen-bond donors (Lipinski definition) is 1. The lowest BCUT2D eigenvalue weighted by molar-refractivity contribution is -0.389. The van der Waals surface area contributed by atoms with E-state index in [9.17, 15) is 10.1 Å². The summed E-state index contributed by atoms with van der Waals surface area (Å²) in [6.07, 6.45) is 0.360. The van der Waals surface area contributed by atoms with Crippen LogP contribution in [0.4, 0.5) is 5.82 Å². The van der Waals surface area contributed by atoms with Crippen LogP contribution in [0.3, 0.4) is 0 Å². The average Bonchev–Trinajstić information content (AvgIpc) is 2.52. The maximum absolute atomic E-state index is 10.2. The summed E-state index contributed by atoms with van der Waals surface area (Å²) >= 11 is 5.33. The van der Waals surface area contributed by atoms with E-state index in [-0.39, 0.29) is 18.2 Å². The SMILES string of the molecule is O=[N+]([O-])c1cn(CC(O)CCl)nn1. The van der Waals surface area contributed by atoms with E-state index < -0.39 is 11.0 Å². The minimum absolute atomic E-state index is 0.0493. The lowest BCUT2D eigenvalue weighted by Gasteiger charge is -2.02. The lowest BCUT2D eigenvalue weighted by Crippen LogP contribution is -2.17. The van der Waals surface area contributed by atoms with E-state index in [4.69, 9.17) is 16.7 Å². The van der Waals surface area contributed by atoms with Crippen molar-refractivity contribution < 1.29 is 10.0 Å². The van der Waals surface area contributed by atoms with Crippen molar-refractivity contribution in [1.29, 1.82) is 0 Å². The normalized spacial score (nSPS) is 12.8. The number of aliphatic hydroxyl groups excluding tert-OH is 1. The minimum atomic E-state index is -0.775. The summed E-state index contributed by atoms with van der Waals surface area (Å²) in [5, 5.41) is 25.9. The van der Waals surface area contributed by atoms with Gasteiger partial charge in [0.1, 0.15) is 11.3 Å². The number of rotatable bonds is 4. The monoisotopic (exact) mass is 206 g/mol. The highest BCUT2D eigenvalue weighted by Crippen LogP contribution is 2.03. The van der Waals surface area contributed by atoms with Crippen LogP contribution in [0.1, 0.15) is 0 Å². The van der Waals surface area contributed by atoms with E-state index in [0.29, 0.717) is 0 Å². The Morgan fingerprint density at radius 2 is 2.54 bits per heavy atom. The van der Waals surface area contributed by atoms with Crippen LogP contribution < -0.4 is 0 Å². The summed E-state index contributed by atoms with van der Waals surface area (Å²) in [6.45, 7) is 0.102. The molecule has 8 heteroatoms. The van der Waals surface area contributed by atoms with E-state index in [1.807, 2.05) is 0 Å². The van der Waals surface area contributed by atoms with E-state index in [2.05, 4.69) is 10.3 Å². The number of aromatic nitrogens is 3. The molecule has 0 saturated heterocycles. The van der Waals surface area contributed by atoms with Crippen LogP contribution in [0.5, 0.6) is 0 Å². The van der Waals surface area contributed by atoms with Gasteiger partial charge in [-0.15, -0.1) is 11.6 Å². The number of alkyl halides is 1. The molecule has 1 atom stereocenters. The molecule has 0 bridgehead atoms. The topological polar surface area (TPSA) is 94.1 Å². The van der Waals surface area contributed by atoms with E-state index in [1.54, 1.807) is 0 Å². The van der Waals surface area contributed by atoms with Crippen LogP contribution in [0, 0.1) is 10.1 Å². The molecule has 0 spiro atoms. The molecule has 72 valence electrons. The number of aliphatic hydroxyl groups is 1. The summed E-state index contributed by atoms with van der Waals surface area (Å²) in [5.41, 5.74) is 0. The fourth-order valence-electron chi connectivity index (χ4n) is 0.726. The Morgan fingerprint density at radius 3 is 3.00 bits per heavy atom. The van der Waals surface area contributed by atoms with Crippen LogP contribution in [-0.2, 0) is 6.54 Å². The average molecular weight is 207 g/mol. The van der Waals surface area contributed by atoms with Gasteiger partial charge in [0.05, 0.1) is 23.7 Å². The van der Waals surface area contributed by atoms with Crippen molar-refractivity contribution in [3.05, 3.63) is 16.3 Å². The molecule has 1 rings (SSSR count). The fraction of sp³-hybridized carbons (Fsp3) is 0.600. The Labute approximate surface area is 78.1 Å². The lowest BCUT2D eigenvalue weighted by atomic mass is 10.4. The molecule has 0 aliphatic rings. The Morgan fingerprint density at radius 1 is 1.85 bits per heavy atom. The third kappa shape index (κ3) is 2.63. The van der Waals surface area contributed by atoms with Crippen molar-refractivity contribution in [3.63, 3.8) is 0 Å². The zero-order valence-corrected chi connectivity index (χ0v) is 7.26. The molecule has 0 saturated carbocycles. The largest absolute Gasteiger partial charge is 0.410 e. The molecule has 0 radical (unpaired) electrons. The van der Waals surface area contributed by atoms with E-state index >= 15 is 0 Å². The molecule has 1 aromatic rings. The molecule has 1 aromatic heterocycles. The van der Waals surface area contributed by atoms with Gasteiger partial charge in [0.2, 0.25) is 0 Å². The first kappa shape index (κ1) is 9.87. The highest BCUT2D eigenvalue weighted by Gasteiger charge is 2.13.